The predicted molar refractivity (Wildman–Crippen MR) is 57.9 cm³/mol. The van der Waals surface area contributed by atoms with Gasteiger partial charge in [-0.05, 0) is 31.0 Å². The van der Waals surface area contributed by atoms with E-state index < -0.39 is 0 Å². The van der Waals surface area contributed by atoms with Crippen LogP contribution in [0.2, 0.25) is 0 Å². The van der Waals surface area contributed by atoms with Crippen molar-refractivity contribution in [2.45, 2.75) is 18.9 Å². The highest BCUT2D eigenvalue weighted by Gasteiger charge is 2.30. The van der Waals surface area contributed by atoms with Crippen LogP contribution in [0.25, 0.3) is 0 Å². The van der Waals surface area contributed by atoms with Crippen LogP contribution in [-0.2, 0) is 0 Å². The van der Waals surface area contributed by atoms with Gasteiger partial charge >= 0.3 is 0 Å². The smallest absolute Gasteiger partial charge is 0.0575 e. The van der Waals surface area contributed by atoms with Crippen molar-refractivity contribution in [1.29, 1.82) is 0 Å². The maximum atomic E-state index is 3.47. The molecule has 0 spiro atoms. The first-order valence-electron chi connectivity index (χ1n) is 5.50. The van der Waals surface area contributed by atoms with Gasteiger partial charge in [0.15, 0.2) is 0 Å². The SMILES string of the molecule is C1=CCC2C(=C1)C=C1CNCCCN12. The van der Waals surface area contributed by atoms with Crippen LogP contribution in [0.1, 0.15) is 12.8 Å². The first-order chi connectivity index (χ1) is 6.95. The van der Waals surface area contributed by atoms with Gasteiger partial charge in [-0.1, -0.05) is 18.2 Å². The lowest BCUT2D eigenvalue weighted by Crippen LogP contribution is -2.32. The fourth-order valence-corrected chi connectivity index (χ4v) is 2.60. The number of nitrogens with zero attached hydrogens (tertiary/aromatic N) is 1. The molecule has 1 unspecified atom stereocenters. The number of hydrogen-bond acceptors (Lipinski definition) is 2. The molecule has 2 heteroatoms. The van der Waals surface area contributed by atoms with Gasteiger partial charge in [0.1, 0.15) is 0 Å². The molecule has 1 fully saturated rings. The molecule has 1 saturated heterocycles. The second-order valence-electron chi connectivity index (χ2n) is 4.21. The maximum Gasteiger partial charge on any atom is 0.0575 e. The lowest BCUT2D eigenvalue weighted by molar-refractivity contribution is 0.307. The quantitative estimate of drug-likeness (QED) is 0.618. The number of nitrogens with one attached hydrogen (secondary N) is 1. The zero-order valence-electron chi connectivity index (χ0n) is 8.37. The Bertz CT molecular complexity index is 325. The molecular formula is C12H16N2. The molecule has 0 bridgehead atoms. The summed E-state index contributed by atoms with van der Waals surface area (Å²) in [6.07, 6.45) is 11.5. The highest BCUT2D eigenvalue weighted by atomic mass is 15.2. The van der Waals surface area contributed by atoms with Crippen LogP contribution in [0.3, 0.4) is 0 Å². The summed E-state index contributed by atoms with van der Waals surface area (Å²) in [5.41, 5.74) is 2.99. The average Bonchev–Trinajstić information content (AvgIpc) is 2.42. The Morgan fingerprint density at radius 3 is 3.43 bits per heavy atom. The van der Waals surface area contributed by atoms with E-state index in [1.54, 1.807) is 0 Å². The molecular weight excluding hydrogens is 172 g/mol. The van der Waals surface area contributed by atoms with E-state index in [9.17, 15) is 0 Å². The Morgan fingerprint density at radius 2 is 2.43 bits per heavy atom. The van der Waals surface area contributed by atoms with Crippen molar-refractivity contribution >= 4 is 0 Å². The Balaban J connectivity index is 1.92. The summed E-state index contributed by atoms with van der Waals surface area (Å²) in [6.45, 7) is 3.43. The monoisotopic (exact) mass is 188 g/mol. The lowest BCUT2D eigenvalue weighted by Gasteiger charge is -2.29. The van der Waals surface area contributed by atoms with E-state index in [2.05, 4.69) is 34.5 Å². The van der Waals surface area contributed by atoms with Crippen molar-refractivity contribution in [2.24, 2.45) is 0 Å². The number of fused-ring (bicyclic) bond motifs is 3. The van der Waals surface area contributed by atoms with E-state index in [0.29, 0.717) is 6.04 Å². The van der Waals surface area contributed by atoms with Crippen LogP contribution in [-0.4, -0.2) is 30.6 Å². The van der Waals surface area contributed by atoms with Crippen molar-refractivity contribution in [2.75, 3.05) is 19.6 Å². The van der Waals surface area contributed by atoms with Gasteiger partial charge in [-0.2, -0.15) is 0 Å². The molecule has 1 aliphatic carbocycles. The molecule has 1 N–H and O–H groups in total. The molecule has 3 aliphatic rings. The van der Waals surface area contributed by atoms with Crippen molar-refractivity contribution in [1.82, 2.24) is 10.2 Å². The molecule has 0 amide bonds. The number of rotatable bonds is 0. The molecule has 1 atom stereocenters. The standard InChI is InChI=1S/C12H16N2/c1-2-5-12-10(4-1)8-11-9-13-6-3-7-14(11)12/h1-2,4,8,12-13H,3,5-7,9H2. The Kier molecular flexibility index (Phi) is 1.95. The summed E-state index contributed by atoms with van der Waals surface area (Å²) in [5.74, 6) is 0. The van der Waals surface area contributed by atoms with E-state index in [-0.39, 0.29) is 0 Å². The molecule has 74 valence electrons. The van der Waals surface area contributed by atoms with Gasteiger partial charge in [0.25, 0.3) is 0 Å². The summed E-state index contributed by atoms with van der Waals surface area (Å²) in [4.78, 5) is 2.58. The first kappa shape index (κ1) is 8.30. The van der Waals surface area contributed by atoms with Crippen molar-refractivity contribution < 1.29 is 0 Å². The molecule has 0 saturated carbocycles. The van der Waals surface area contributed by atoms with E-state index in [1.807, 2.05) is 0 Å². The lowest BCUT2D eigenvalue weighted by atomic mass is 10.0. The van der Waals surface area contributed by atoms with E-state index in [0.717, 1.165) is 13.1 Å². The van der Waals surface area contributed by atoms with E-state index >= 15 is 0 Å². The summed E-state index contributed by atoms with van der Waals surface area (Å²) in [7, 11) is 0. The van der Waals surface area contributed by atoms with Gasteiger partial charge in [0.05, 0.1) is 6.04 Å². The molecule has 2 nitrogen and oxygen atoms in total. The van der Waals surface area contributed by atoms with E-state index in [1.165, 1.54) is 30.7 Å². The molecule has 0 aromatic carbocycles. The maximum absolute atomic E-state index is 3.47. The van der Waals surface area contributed by atoms with Gasteiger partial charge in [0.2, 0.25) is 0 Å². The average molecular weight is 188 g/mol. The van der Waals surface area contributed by atoms with Gasteiger partial charge < -0.3 is 10.2 Å². The summed E-state index contributed by atoms with van der Waals surface area (Å²) >= 11 is 0. The molecule has 14 heavy (non-hydrogen) atoms. The Morgan fingerprint density at radius 1 is 1.43 bits per heavy atom. The topological polar surface area (TPSA) is 15.3 Å². The third-order valence-electron chi connectivity index (χ3n) is 3.31. The van der Waals surface area contributed by atoms with Crippen LogP contribution >= 0.6 is 0 Å². The second-order valence-corrected chi connectivity index (χ2v) is 4.21. The van der Waals surface area contributed by atoms with Crippen molar-refractivity contribution in [3.05, 3.63) is 35.6 Å². The first-order valence-corrected chi connectivity index (χ1v) is 5.50. The third kappa shape index (κ3) is 1.22. The highest BCUT2D eigenvalue weighted by molar-refractivity contribution is 5.41. The summed E-state index contributed by atoms with van der Waals surface area (Å²) < 4.78 is 0. The van der Waals surface area contributed by atoms with Gasteiger partial charge in [0, 0.05) is 18.8 Å². The fourth-order valence-electron chi connectivity index (χ4n) is 2.60. The minimum atomic E-state index is 0.648. The van der Waals surface area contributed by atoms with Crippen LogP contribution < -0.4 is 5.32 Å². The van der Waals surface area contributed by atoms with Crippen molar-refractivity contribution in [3.63, 3.8) is 0 Å². The predicted octanol–water partition coefficient (Wildman–Crippen LogP) is 1.43. The number of hydrogen-bond donors (Lipinski definition) is 1. The summed E-state index contributed by atoms with van der Waals surface area (Å²) in [6, 6.07) is 0.648. The molecule has 2 aliphatic heterocycles. The molecule has 3 rings (SSSR count). The molecule has 2 heterocycles. The Hall–Kier alpha value is -1.02. The molecule has 0 radical (unpaired) electrons. The van der Waals surface area contributed by atoms with Gasteiger partial charge in [-0.3, -0.25) is 0 Å². The second kappa shape index (κ2) is 3.28. The zero-order valence-corrected chi connectivity index (χ0v) is 8.37. The zero-order chi connectivity index (χ0) is 9.38. The largest absolute Gasteiger partial charge is 0.366 e. The van der Waals surface area contributed by atoms with Crippen molar-refractivity contribution in [3.8, 4) is 0 Å². The molecule has 0 aromatic heterocycles. The van der Waals surface area contributed by atoms with Gasteiger partial charge in [-0.15, -0.1) is 0 Å². The van der Waals surface area contributed by atoms with E-state index in [4.69, 9.17) is 0 Å². The van der Waals surface area contributed by atoms with Crippen LogP contribution in [0.5, 0.6) is 0 Å². The van der Waals surface area contributed by atoms with Crippen LogP contribution in [0.15, 0.2) is 35.6 Å². The summed E-state index contributed by atoms with van der Waals surface area (Å²) in [5, 5.41) is 3.47. The van der Waals surface area contributed by atoms with Gasteiger partial charge in [-0.25, -0.2) is 0 Å². The highest BCUT2D eigenvalue weighted by Crippen LogP contribution is 2.31. The minimum Gasteiger partial charge on any atom is -0.366 e. The normalized spacial score (nSPS) is 30.3. The minimum absolute atomic E-state index is 0.648. The Labute approximate surface area is 85.0 Å². The molecule has 0 aromatic rings. The van der Waals surface area contributed by atoms with Crippen LogP contribution in [0.4, 0.5) is 0 Å². The third-order valence-corrected chi connectivity index (χ3v) is 3.31. The fraction of sp³-hybridized carbons (Fsp3) is 0.500. The van der Waals surface area contributed by atoms with Crippen LogP contribution in [0, 0.1) is 0 Å². The number of allylic oxidation sites excluding steroid dienone is 2.